The van der Waals surface area contributed by atoms with E-state index in [0.29, 0.717) is 22.3 Å². The molecular weight excluding hydrogens is 373 g/mol. The highest BCUT2D eigenvalue weighted by Gasteiger charge is 2.31. The van der Waals surface area contributed by atoms with Crippen LogP contribution in [0.4, 0.5) is 16.2 Å². The van der Waals surface area contributed by atoms with Crippen molar-refractivity contribution in [3.8, 4) is 0 Å². The van der Waals surface area contributed by atoms with Crippen LogP contribution in [0.1, 0.15) is 17.5 Å². The molecular formula is C19H19Cl2N3O2. The number of aryl methyl sites for hydroxylation is 2. The summed E-state index contributed by atoms with van der Waals surface area (Å²) in [5, 5.41) is 6.35. The largest absolute Gasteiger partial charge is 0.333 e. The van der Waals surface area contributed by atoms with Gasteiger partial charge in [0, 0.05) is 23.7 Å². The van der Waals surface area contributed by atoms with Gasteiger partial charge in [-0.05, 0) is 55.3 Å². The number of urea groups is 1. The van der Waals surface area contributed by atoms with E-state index in [4.69, 9.17) is 23.2 Å². The molecule has 1 atom stereocenters. The van der Waals surface area contributed by atoms with Crippen molar-refractivity contribution in [3.63, 3.8) is 0 Å². The summed E-state index contributed by atoms with van der Waals surface area (Å²) in [6.45, 7) is 4.48. The first kappa shape index (κ1) is 18.5. The molecule has 0 aliphatic carbocycles. The zero-order valence-electron chi connectivity index (χ0n) is 14.5. The number of carbonyl (C=O) groups is 2. The average Bonchev–Trinajstić information content (AvgIpc) is 2.93. The second kappa shape index (κ2) is 7.56. The summed E-state index contributed by atoms with van der Waals surface area (Å²) < 4.78 is 0. The predicted molar refractivity (Wildman–Crippen MR) is 105 cm³/mol. The summed E-state index contributed by atoms with van der Waals surface area (Å²) in [5.74, 6) is -0.0110. The van der Waals surface area contributed by atoms with E-state index in [1.165, 1.54) is 5.56 Å². The number of halogens is 2. The maximum atomic E-state index is 12.3. The minimum absolute atomic E-state index is 0.0110. The van der Waals surface area contributed by atoms with Crippen LogP contribution < -0.4 is 15.5 Å². The van der Waals surface area contributed by atoms with Gasteiger partial charge < -0.3 is 15.5 Å². The van der Waals surface area contributed by atoms with E-state index in [2.05, 4.69) is 10.6 Å². The third kappa shape index (κ3) is 4.11. The van der Waals surface area contributed by atoms with Gasteiger partial charge in [-0.3, -0.25) is 4.79 Å². The van der Waals surface area contributed by atoms with Gasteiger partial charge in [0.15, 0.2) is 0 Å². The van der Waals surface area contributed by atoms with E-state index in [-0.39, 0.29) is 18.4 Å². The molecule has 0 unspecified atom stereocenters. The lowest BCUT2D eigenvalue weighted by Crippen LogP contribution is -2.39. The van der Waals surface area contributed by atoms with Gasteiger partial charge in [0.25, 0.3) is 0 Å². The number of rotatable bonds is 3. The number of amides is 3. The third-order valence-corrected chi connectivity index (χ3v) is 4.99. The third-order valence-electron chi connectivity index (χ3n) is 4.44. The van der Waals surface area contributed by atoms with E-state index in [0.717, 1.165) is 11.3 Å². The first-order valence-electron chi connectivity index (χ1n) is 8.23. The summed E-state index contributed by atoms with van der Waals surface area (Å²) in [6, 6.07) is 10.1. The van der Waals surface area contributed by atoms with Gasteiger partial charge in [0.1, 0.15) is 0 Å². The molecule has 3 amide bonds. The van der Waals surface area contributed by atoms with Crippen molar-refractivity contribution in [1.29, 1.82) is 0 Å². The minimum Gasteiger partial charge on any atom is -0.333 e. The Hall–Kier alpha value is -2.24. The molecule has 1 heterocycles. The van der Waals surface area contributed by atoms with Crippen LogP contribution in [0.15, 0.2) is 36.4 Å². The van der Waals surface area contributed by atoms with Crippen LogP contribution >= 0.6 is 23.2 Å². The first-order chi connectivity index (χ1) is 12.3. The molecule has 3 rings (SSSR count). The fourth-order valence-electron chi connectivity index (χ4n) is 2.88. The molecule has 1 aliphatic heterocycles. The molecule has 2 aromatic rings. The fourth-order valence-corrected chi connectivity index (χ4v) is 3.34. The lowest BCUT2D eigenvalue weighted by atomic mass is 10.1. The molecule has 7 heteroatoms. The van der Waals surface area contributed by atoms with Gasteiger partial charge in [0.2, 0.25) is 5.91 Å². The molecule has 0 spiro atoms. The maximum Gasteiger partial charge on any atom is 0.319 e. The maximum absolute atomic E-state index is 12.3. The highest BCUT2D eigenvalue weighted by atomic mass is 35.5. The first-order valence-corrected chi connectivity index (χ1v) is 8.99. The Morgan fingerprint density at radius 1 is 1.12 bits per heavy atom. The number of hydrogen-bond donors (Lipinski definition) is 2. The van der Waals surface area contributed by atoms with Gasteiger partial charge >= 0.3 is 6.03 Å². The second-order valence-corrected chi connectivity index (χ2v) is 7.24. The number of anilines is 2. The van der Waals surface area contributed by atoms with Crippen LogP contribution in [0.5, 0.6) is 0 Å². The second-order valence-electron chi connectivity index (χ2n) is 6.40. The molecule has 1 aliphatic rings. The monoisotopic (exact) mass is 391 g/mol. The van der Waals surface area contributed by atoms with Gasteiger partial charge in [-0.2, -0.15) is 0 Å². The fraction of sp³-hybridized carbons (Fsp3) is 0.263. The molecule has 0 saturated carbocycles. The van der Waals surface area contributed by atoms with E-state index in [9.17, 15) is 9.59 Å². The van der Waals surface area contributed by atoms with Crippen molar-refractivity contribution in [1.82, 2.24) is 5.32 Å². The Kier molecular flexibility index (Phi) is 5.39. The van der Waals surface area contributed by atoms with E-state index >= 15 is 0 Å². The molecule has 136 valence electrons. The van der Waals surface area contributed by atoms with Crippen molar-refractivity contribution >= 4 is 46.5 Å². The van der Waals surface area contributed by atoms with Crippen LogP contribution in [0.3, 0.4) is 0 Å². The predicted octanol–water partition coefficient (Wildman–Crippen LogP) is 4.54. The average molecular weight is 392 g/mol. The molecule has 0 radical (unpaired) electrons. The van der Waals surface area contributed by atoms with Gasteiger partial charge in [-0.1, -0.05) is 29.3 Å². The molecule has 5 nitrogen and oxygen atoms in total. The Bertz CT molecular complexity index is 870. The number of carbonyl (C=O) groups excluding carboxylic acids is 2. The molecule has 2 N–H and O–H groups in total. The number of nitrogens with zero attached hydrogens (tertiary/aromatic N) is 1. The SMILES string of the molecule is Cc1ccc(N2C[C@H](NC(=O)Nc3ccc(Cl)cc3Cl)CC2=O)cc1C. The van der Waals surface area contributed by atoms with Crippen LogP contribution in [-0.4, -0.2) is 24.5 Å². The zero-order valence-corrected chi connectivity index (χ0v) is 16.0. The van der Waals surface area contributed by atoms with Crippen LogP contribution in [0.25, 0.3) is 0 Å². The van der Waals surface area contributed by atoms with Crippen LogP contribution in [0, 0.1) is 13.8 Å². The van der Waals surface area contributed by atoms with E-state index < -0.39 is 6.03 Å². The summed E-state index contributed by atoms with van der Waals surface area (Å²) in [5.41, 5.74) is 3.61. The normalized spacial score (nSPS) is 16.7. The van der Waals surface area contributed by atoms with Crippen molar-refractivity contribution < 1.29 is 9.59 Å². The van der Waals surface area contributed by atoms with Gasteiger partial charge in [-0.25, -0.2) is 4.79 Å². The Morgan fingerprint density at radius 2 is 1.88 bits per heavy atom. The van der Waals surface area contributed by atoms with E-state index in [1.54, 1.807) is 23.1 Å². The number of nitrogens with one attached hydrogen (secondary N) is 2. The Morgan fingerprint density at radius 3 is 2.58 bits per heavy atom. The lowest BCUT2D eigenvalue weighted by molar-refractivity contribution is -0.117. The van der Waals surface area contributed by atoms with Crippen LogP contribution in [-0.2, 0) is 4.79 Å². The smallest absolute Gasteiger partial charge is 0.319 e. The Labute approximate surface area is 162 Å². The molecule has 2 aromatic carbocycles. The highest BCUT2D eigenvalue weighted by molar-refractivity contribution is 6.36. The van der Waals surface area contributed by atoms with Crippen LogP contribution in [0.2, 0.25) is 10.0 Å². The molecule has 26 heavy (non-hydrogen) atoms. The zero-order chi connectivity index (χ0) is 18.8. The van der Waals surface area contributed by atoms with Gasteiger partial charge in [-0.15, -0.1) is 0 Å². The highest BCUT2D eigenvalue weighted by Crippen LogP contribution is 2.26. The minimum atomic E-state index is -0.408. The summed E-state index contributed by atoms with van der Waals surface area (Å²) in [6.07, 6.45) is 0.259. The summed E-state index contributed by atoms with van der Waals surface area (Å²) in [4.78, 5) is 26.2. The van der Waals surface area contributed by atoms with Crippen molar-refractivity contribution in [2.75, 3.05) is 16.8 Å². The molecule has 1 fully saturated rings. The Balaban J connectivity index is 1.63. The quantitative estimate of drug-likeness (QED) is 0.806. The van der Waals surface area contributed by atoms with Crippen molar-refractivity contribution in [2.24, 2.45) is 0 Å². The topological polar surface area (TPSA) is 61.4 Å². The standard InChI is InChI=1S/C19H19Cl2N3O2/c1-11-3-5-15(7-12(11)2)24-10-14(9-18(24)25)22-19(26)23-17-6-4-13(20)8-16(17)21/h3-8,14H,9-10H2,1-2H3,(H2,22,23,26)/t14-/m1/s1. The number of benzene rings is 2. The number of hydrogen-bond acceptors (Lipinski definition) is 2. The molecule has 1 saturated heterocycles. The van der Waals surface area contributed by atoms with Crippen molar-refractivity contribution in [3.05, 3.63) is 57.6 Å². The lowest BCUT2D eigenvalue weighted by Gasteiger charge is -2.18. The summed E-state index contributed by atoms with van der Waals surface area (Å²) in [7, 11) is 0. The van der Waals surface area contributed by atoms with Gasteiger partial charge in [0.05, 0.1) is 16.8 Å². The van der Waals surface area contributed by atoms with E-state index in [1.807, 2.05) is 32.0 Å². The molecule has 0 bridgehead atoms. The summed E-state index contributed by atoms with van der Waals surface area (Å²) >= 11 is 11.9. The molecule has 0 aromatic heterocycles. The van der Waals surface area contributed by atoms with Crippen molar-refractivity contribution in [2.45, 2.75) is 26.3 Å².